The van der Waals surface area contributed by atoms with Gasteiger partial charge in [-0.15, -0.1) is 0 Å². The first-order valence-electron chi connectivity index (χ1n) is 10.2. The molecule has 148 valence electrons. The lowest BCUT2D eigenvalue weighted by Gasteiger charge is -2.29. The monoisotopic (exact) mass is 380 g/mol. The van der Waals surface area contributed by atoms with E-state index in [1.165, 1.54) is 10.5 Å². The molecule has 2 aromatic carbocycles. The van der Waals surface area contributed by atoms with Gasteiger partial charge in [-0.25, -0.2) is 0 Å². The van der Waals surface area contributed by atoms with Crippen LogP contribution >= 0.6 is 0 Å². The van der Waals surface area contributed by atoms with Crippen molar-refractivity contribution in [3.8, 4) is 0 Å². The summed E-state index contributed by atoms with van der Waals surface area (Å²) >= 11 is 0. The smallest absolute Gasteiger partial charge is 0.279 e. The van der Waals surface area contributed by atoms with Crippen molar-refractivity contribution in [3.63, 3.8) is 0 Å². The van der Waals surface area contributed by atoms with E-state index in [0.717, 1.165) is 32.4 Å². The fraction of sp³-hybridized carbons (Fsp3) is 0.391. The number of nitrogens with one attached hydrogen (secondary N) is 3. The van der Waals surface area contributed by atoms with E-state index >= 15 is 0 Å². The van der Waals surface area contributed by atoms with Crippen LogP contribution in [-0.4, -0.2) is 38.0 Å². The summed E-state index contributed by atoms with van der Waals surface area (Å²) in [4.78, 5) is 25.7. The van der Waals surface area contributed by atoms with E-state index in [1.54, 1.807) is 18.2 Å². The average Bonchev–Trinajstić information content (AvgIpc) is 2.70. The Labute approximate surface area is 167 Å². The van der Waals surface area contributed by atoms with Crippen LogP contribution in [0, 0.1) is 5.92 Å². The van der Waals surface area contributed by atoms with Gasteiger partial charge in [0.05, 0.1) is 13.1 Å². The van der Waals surface area contributed by atoms with Gasteiger partial charge in [-0.3, -0.25) is 9.59 Å². The standard InChI is InChI=1S/C23H29N3O2/c1-2-24-23(28)20-9-6-10-21(16-20)25-22(27)17-26-13-11-19(12-14-26)15-18-7-4-3-5-8-18/h3-10,16,19H,2,11-15,17H2,1H3,(H,24,28)(H,25,27)/p+1. The molecule has 3 N–H and O–H groups in total. The fourth-order valence-corrected chi connectivity index (χ4v) is 3.85. The van der Waals surface area contributed by atoms with E-state index in [9.17, 15) is 9.59 Å². The van der Waals surface area contributed by atoms with Gasteiger partial charge in [0.2, 0.25) is 0 Å². The van der Waals surface area contributed by atoms with E-state index in [-0.39, 0.29) is 11.8 Å². The minimum absolute atomic E-state index is 0.00422. The highest BCUT2D eigenvalue weighted by Crippen LogP contribution is 2.16. The average molecular weight is 381 g/mol. The highest BCUT2D eigenvalue weighted by Gasteiger charge is 2.24. The Morgan fingerprint density at radius 2 is 1.79 bits per heavy atom. The molecular formula is C23H30N3O2+. The Morgan fingerprint density at radius 1 is 1.04 bits per heavy atom. The predicted molar refractivity (Wildman–Crippen MR) is 112 cm³/mol. The van der Waals surface area contributed by atoms with Crippen LogP contribution in [0.1, 0.15) is 35.7 Å². The number of hydrogen-bond acceptors (Lipinski definition) is 2. The number of piperidine rings is 1. The number of quaternary nitrogens is 1. The molecule has 28 heavy (non-hydrogen) atoms. The summed E-state index contributed by atoms with van der Waals surface area (Å²) in [5.41, 5.74) is 2.64. The van der Waals surface area contributed by atoms with Gasteiger partial charge in [0, 0.05) is 17.8 Å². The molecule has 0 unspecified atom stereocenters. The third-order valence-corrected chi connectivity index (χ3v) is 5.34. The minimum atomic E-state index is -0.121. The third-order valence-electron chi connectivity index (χ3n) is 5.34. The molecule has 5 heteroatoms. The Balaban J connectivity index is 1.45. The fourth-order valence-electron chi connectivity index (χ4n) is 3.85. The highest BCUT2D eigenvalue weighted by molar-refractivity contribution is 5.97. The van der Waals surface area contributed by atoms with Crippen molar-refractivity contribution in [3.05, 3.63) is 65.7 Å². The van der Waals surface area contributed by atoms with Crippen LogP contribution in [0.5, 0.6) is 0 Å². The van der Waals surface area contributed by atoms with E-state index in [2.05, 4.69) is 41.0 Å². The first-order chi connectivity index (χ1) is 13.6. The molecule has 0 bridgehead atoms. The van der Waals surface area contributed by atoms with Gasteiger partial charge in [-0.05, 0) is 55.9 Å². The lowest BCUT2D eigenvalue weighted by molar-refractivity contribution is -0.898. The summed E-state index contributed by atoms with van der Waals surface area (Å²) in [6, 6.07) is 17.7. The van der Waals surface area contributed by atoms with Gasteiger partial charge in [-0.1, -0.05) is 36.4 Å². The number of likely N-dealkylation sites (tertiary alicyclic amines) is 1. The summed E-state index contributed by atoms with van der Waals surface area (Å²) in [6.45, 7) is 5.01. The normalized spacial score (nSPS) is 19.0. The molecular weight excluding hydrogens is 350 g/mol. The number of rotatable bonds is 7. The van der Waals surface area contributed by atoms with Gasteiger partial charge < -0.3 is 15.5 Å². The van der Waals surface area contributed by atoms with Crippen LogP contribution in [0.25, 0.3) is 0 Å². The zero-order valence-corrected chi connectivity index (χ0v) is 16.5. The van der Waals surface area contributed by atoms with Gasteiger partial charge in [0.25, 0.3) is 11.8 Å². The molecule has 0 aromatic heterocycles. The molecule has 1 fully saturated rings. The molecule has 5 nitrogen and oxygen atoms in total. The largest absolute Gasteiger partial charge is 0.352 e. The van der Waals surface area contributed by atoms with E-state index < -0.39 is 0 Å². The summed E-state index contributed by atoms with van der Waals surface area (Å²) in [7, 11) is 0. The maximum atomic E-state index is 12.4. The molecule has 0 spiro atoms. The summed E-state index contributed by atoms with van der Waals surface area (Å²) in [5, 5.41) is 5.71. The summed E-state index contributed by atoms with van der Waals surface area (Å²) < 4.78 is 0. The zero-order valence-electron chi connectivity index (χ0n) is 16.5. The molecule has 2 amide bonds. The Kier molecular flexibility index (Phi) is 7.20. The van der Waals surface area contributed by atoms with Crippen molar-refractivity contribution in [2.75, 3.05) is 31.5 Å². The lowest BCUT2D eigenvalue weighted by Crippen LogP contribution is -3.14. The number of carbonyl (C=O) groups is 2. The molecule has 0 aliphatic carbocycles. The molecule has 1 aliphatic heterocycles. The van der Waals surface area contributed by atoms with E-state index in [0.29, 0.717) is 30.3 Å². The first-order valence-corrected chi connectivity index (χ1v) is 10.2. The molecule has 3 rings (SSSR count). The highest BCUT2D eigenvalue weighted by atomic mass is 16.2. The van der Waals surface area contributed by atoms with Crippen molar-refractivity contribution < 1.29 is 14.5 Å². The van der Waals surface area contributed by atoms with Crippen LogP contribution in [0.2, 0.25) is 0 Å². The molecule has 0 saturated carbocycles. The maximum Gasteiger partial charge on any atom is 0.279 e. The second-order valence-corrected chi connectivity index (χ2v) is 7.55. The van der Waals surface area contributed by atoms with Gasteiger partial charge in [0.1, 0.15) is 0 Å². The molecule has 2 aromatic rings. The molecule has 1 saturated heterocycles. The topological polar surface area (TPSA) is 62.6 Å². The van der Waals surface area contributed by atoms with Crippen molar-refractivity contribution in [2.45, 2.75) is 26.2 Å². The van der Waals surface area contributed by atoms with Crippen molar-refractivity contribution >= 4 is 17.5 Å². The molecule has 1 aliphatic rings. The molecule has 1 heterocycles. The van der Waals surface area contributed by atoms with E-state index in [4.69, 9.17) is 0 Å². The quantitative estimate of drug-likeness (QED) is 0.687. The summed E-state index contributed by atoms with van der Waals surface area (Å²) in [6.07, 6.45) is 3.45. The van der Waals surface area contributed by atoms with Crippen molar-refractivity contribution in [1.29, 1.82) is 0 Å². The number of amides is 2. The molecule has 0 atom stereocenters. The van der Waals surface area contributed by atoms with Gasteiger partial charge >= 0.3 is 0 Å². The zero-order chi connectivity index (χ0) is 19.8. The number of hydrogen-bond donors (Lipinski definition) is 3. The number of carbonyl (C=O) groups excluding carboxylic acids is 2. The second-order valence-electron chi connectivity index (χ2n) is 7.55. The van der Waals surface area contributed by atoms with Crippen molar-refractivity contribution in [1.82, 2.24) is 5.32 Å². The lowest BCUT2D eigenvalue weighted by atomic mass is 9.90. The van der Waals surface area contributed by atoms with Crippen LogP contribution < -0.4 is 15.5 Å². The Morgan fingerprint density at radius 3 is 2.50 bits per heavy atom. The van der Waals surface area contributed by atoms with Crippen molar-refractivity contribution in [2.24, 2.45) is 5.92 Å². The predicted octanol–water partition coefficient (Wildman–Crippen LogP) is 1.91. The van der Waals surface area contributed by atoms with Crippen LogP contribution in [0.3, 0.4) is 0 Å². The van der Waals surface area contributed by atoms with Gasteiger partial charge in [-0.2, -0.15) is 0 Å². The van der Waals surface area contributed by atoms with Crippen LogP contribution in [-0.2, 0) is 11.2 Å². The van der Waals surface area contributed by atoms with Crippen LogP contribution in [0.4, 0.5) is 5.69 Å². The van der Waals surface area contributed by atoms with E-state index in [1.807, 2.05) is 13.0 Å². The molecule has 0 radical (unpaired) electrons. The Bertz CT molecular complexity index is 783. The summed E-state index contributed by atoms with van der Waals surface area (Å²) in [5.74, 6) is 0.595. The SMILES string of the molecule is CCNC(=O)c1cccc(NC(=O)C[NH+]2CCC(Cc3ccccc3)CC2)c1. The Hall–Kier alpha value is -2.66. The first kappa shape index (κ1) is 20.1. The minimum Gasteiger partial charge on any atom is -0.352 e. The van der Waals surface area contributed by atoms with Gasteiger partial charge in [0.15, 0.2) is 6.54 Å². The van der Waals surface area contributed by atoms with Crippen LogP contribution in [0.15, 0.2) is 54.6 Å². The number of anilines is 1. The third kappa shape index (κ3) is 5.92. The number of benzene rings is 2. The maximum absolute atomic E-state index is 12.4. The second kappa shape index (κ2) is 10.0.